The van der Waals surface area contributed by atoms with Crippen LogP contribution >= 0.6 is 0 Å². The van der Waals surface area contributed by atoms with E-state index in [1.54, 1.807) is 26.0 Å². The molecule has 2 rings (SSSR count). The molecular formula is C15H15F3N2O. The first kappa shape index (κ1) is 15.0. The van der Waals surface area contributed by atoms with Gasteiger partial charge >= 0.3 is 6.18 Å². The molecule has 0 spiro atoms. The Hall–Kier alpha value is -2.37. The molecule has 0 saturated carbocycles. The molecule has 0 aliphatic rings. The minimum atomic E-state index is -4.54. The second-order valence-corrected chi connectivity index (χ2v) is 4.83. The number of ether oxygens (including phenoxy) is 1. The number of alkyl halides is 3. The smallest absolute Gasteiger partial charge is 0.420 e. The first-order valence-corrected chi connectivity index (χ1v) is 6.20. The first-order chi connectivity index (χ1) is 9.68. The van der Waals surface area contributed by atoms with Crippen LogP contribution in [0.15, 0.2) is 30.3 Å². The van der Waals surface area contributed by atoms with E-state index >= 15 is 0 Å². The van der Waals surface area contributed by atoms with Gasteiger partial charge in [0.05, 0.1) is 0 Å². The molecule has 0 aliphatic heterocycles. The third-order valence-electron chi connectivity index (χ3n) is 3.10. The predicted molar refractivity (Wildman–Crippen MR) is 76.3 cm³/mol. The lowest BCUT2D eigenvalue weighted by molar-refractivity contribution is -0.138. The quantitative estimate of drug-likeness (QED) is 0.813. The van der Waals surface area contributed by atoms with E-state index in [0.29, 0.717) is 11.4 Å². The summed E-state index contributed by atoms with van der Waals surface area (Å²) >= 11 is 0. The van der Waals surface area contributed by atoms with Crippen molar-refractivity contribution in [2.75, 3.05) is 11.5 Å². The van der Waals surface area contributed by atoms with Crippen LogP contribution in [-0.2, 0) is 6.18 Å². The SMILES string of the molecule is Cc1cc(Oc2ccc(N)cc2C(F)(F)F)cc(C)c1N. The van der Waals surface area contributed by atoms with Gasteiger partial charge in [-0.25, -0.2) is 0 Å². The summed E-state index contributed by atoms with van der Waals surface area (Å²) < 4.78 is 44.4. The highest BCUT2D eigenvalue weighted by atomic mass is 19.4. The van der Waals surface area contributed by atoms with E-state index in [-0.39, 0.29) is 11.4 Å². The molecule has 112 valence electrons. The Morgan fingerprint density at radius 1 is 0.952 bits per heavy atom. The van der Waals surface area contributed by atoms with Gasteiger partial charge in [-0.1, -0.05) is 0 Å². The monoisotopic (exact) mass is 296 g/mol. The number of nitrogen functional groups attached to an aromatic ring is 2. The molecule has 0 amide bonds. The fourth-order valence-electron chi connectivity index (χ4n) is 1.98. The molecule has 4 N–H and O–H groups in total. The van der Waals surface area contributed by atoms with Crippen molar-refractivity contribution in [3.05, 3.63) is 47.0 Å². The zero-order valence-electron chi connectivity index (χ0n) is 11.6. The summed E-state index contributed by atoms with van der Waals surface area (Å²) in [4.78, 5) is 0. The third kappa shape index (κ3) is 3.21. The highest BCUT2D eigenvalue weighted by Crippen LogP contribution is 2.39. The number of halogens is 3. The van der Waals surface area contributed by atoms with Crippen LogP contribution in [0, 0.1) is 13.8 Å². The van der Waals surface area contributed by atoms with Gasteiger partial charge in [-0.15, -0.1) is 0 Å². The highest BCUT2D eigenvalue weighted by Gasteiger charge is 2.34. The Morgan fingerprint density at radius 2 is 1.52 bits per heavy atom. The number of hydrogen-bond acceptors (Lipinski definition) is 3. The van der Waals surface area contributed by atoms with Crippen LogP contribution in [0.25, 0.3) is 0 Å². The number of benzene rings is 2. The molecule has 0 saturated heterocycles. The van der Waals surface area contributed by atoms with Crippen molar-refractivity contribution in [2.45, 2.75) is 20.0 Å². The van der Waals surface area contributed by atoms with Crippen LogP contribution in [0.4, 0.5) is 24.5 Å². The van der Waals surface area contributed by atoms with Crippen LogP contribution in [0.1, 0.15) is 16.7 Å². The average Bonchev–Trinajstić information content (AvgIpc) is 2.37. The second-order valence-electron chi connectivity index (χ2n) is 4.83. The standard InChI is InChI=1S/C15H15F3N2O/c1-8-5-11(6-9(2)14(8)20)21-13-4-3-10(19)7-12(13)15(16,17)18/h3-7H,19-20H2,1-2H3. The zero-order valence-corrected chi connectivity index (χ0v) is 11.6. The topological polar surface area (TPSA) is 61.3 Å². The van der Waals surface area contributed by atoms with Crippen molar-refractivity contribution in [1.82, 2.24) is 0 Å². The number of hydrogen-bond donors (Lipinski definition) is 2. The largest absolute Gasteiger partial charge is 0.457 e. The third-order valence-corrected chi connectivity index (χ3v) is 3.10. The van der Waals surface area contributed by atoms with E-state index in [2.05, 4.69) is 0 Å². The Bertz CT molecular complexity index is 658. The van der Waals surface area contributed by atoms with Crippen LogP contribution in [0.5, 0.6) is 11.5 Å². The lowest BCUT2D eigenvalue weighted by Gasteiger charge is -2.15. The average molecular weight is 296 g/mol. The molecule has 6 heteroatoms. The van der Waals surface area contributed by atoms with Crippen molar-refractivity contribution in [3.8, 4) is 11.5 Å². The normalized spacial score (nSPS) is 11.5. The molecular weight excluding hydrogens is 281 g/mol. The van der Waals surface area contributed by atoms with Gasteiger partial charge in [0.1, 0.15) is 17.1 Å². The summed E-state index contributed by atoms with van der Waals surface area (Å²) in [7, 11) is 0. The molecule has 0 fully saturated rings. The second kappa shape index (κ2) is 5.20. The van der Waals surface area contributed by atoms with E-state index in [9.17, 15) is 13.2 Å². The van der Waals surface area contributed by atoms with Crippen molar-refractivity contribution in [2.24, 2.45) is 0 Å². The Balaban J connectivity index is 2.45. The zero-order chi connectivity index (χ0) is 15.8. The minimum Gasteiger partial charge on any atom is -0.457 e. The van der Waals surface area contributed by atoms with Crippen LogP contribution in [0.2, 0.25) is 0 Å². The molecule has 0 aliphatic carbocycles. The van der Waals surface area contributed by atoms with E-state index < -0.39 is 11.7 Å². The molecule has 0 unspecified atom stereocenters. The maximum atomic E-state index is 13.0. The maximum Gasteiger partial charge on any atom is 0.420 e. The minimum absolute atomic E-state index is 0.0272. The molecule has 0 atom stereocenters. The van der Waals surface area contributed by atoms with Gasteiger partial charge in [-0.2, -0.15) is 13.2 Å². The first-order valence-electron chi connectivity index (χ1n) is 6.20. The van der Waals surface area contributed by atoms with Crippen LogP contribution in [0.3, 0.4) is 0 Å². The van der Waals surface area contributed by atoms with Gasteiger partial charge in [0.15, 0.2) is 0 Å². The summed E-state index contributed by atoms with van der Waals surface area (Å²) in [6.07, 6.45) is -4.54. The molecule has 0 aromatic heterocycles. The van der Waals surface area contributed by atoms with E-state index in [1.807, 2.05) is 0 Å². The summed E-state index contributed by atoms with van der Waals surface area (Å²) in [5.41, 5.74) is 12.4. The predicted octanol–water partition coefficient (Wildman–Crippen LogP) is 4.28. The molecule has 0 bridgehead atoms. The maximum absolute atomic E-state index is 13.0. The summed E-state index contributed by atoms with van der Waals surface area (Å²) in [5.74, 6) is 0.00902. The summed E-state index contributed by atoms with van der Waals surface area (Å²) in [5, 5.41) is 0. The fourth-order valence-corrected chi connectivity index (χ4v) is 1.98. The fraction of sp³-hybridized carbons (Fsp3) is 0.200. The van der Waals surface area contributed by atoms with Gasteiger partial charge in [0.25, 0.3) is 0 Å². The summed E-state index contributed by atoms with van der Waals surface area (Å²) in [6, 6.07) is 6.62. The molecule has 2 aromatic carbocycles. The molecule has 21 heavy (non-hydrogen) atoms. The van der Waals surface area contributed by atoms with Crippen LogP contribution in [-0.4, -0.2) is 0 Å². The molecule has 0 radical (unpaired) electrons. The Morgan fingerprint density at radius 3 is 2.05 bits per heavy atom. The Labute approximate surface area is 120 Å². The number of nitrogens with two attached hydrogens (primary N) is 2. The molecule has 0 heterocycles. The van der Waals surface area contributed by atoms with Gasteiger partial charge in [-0.05, 0) is 55.3 Å². The lowest BCUT2D eigenvalue weighted by Crippen LogP contribution is -2.08. The van der Waals surface area contributed by atoms with Gasteiger partial charge in [0, 0.05) is 11.4 Å². The van der Waals surface area contributed by atoms with Crippen molar-refractivity contribution < 1.29 is 17.9 Å². The van der Waals surface area contributed by atoms with Crippen LogP contribution < -0.4 is 16.2 Å². The van der Waals surface area contributed by atoms with E-state index in [1.165, 1.54) is 12.1 Å². The van der Waals surface area contributed by atoms with Crippen molar-refractivity contribution in [1.29, 1.82) is 0 Å². The number of anilines is 2. The van der Waals surface area contributed by atoms with Gasteiger partial charge in [-0.3, -0.25) is 0 Å². The van der Waals surface area contributed by atoms with Crippen molar-refractivity contribution in [3.63, 3.8) is 0 Å². The number of rotatable bonds is 2. The molecule has 2 aromatic rings. The van der Waals surface area contributed by atoms with E-state index in [4.69, 9.17) is 16.2 Å². The Kier molecular flexibility index (Phi) is 3.72. The summed E-state index contributed by atoms with van der Waals surface area (Å²) in [6.45, 7) is 3.53. The van der Waals surface area contributed by atoms with E-state index in [0.717, 1.165) is 17.2 Å². The number of aryl methyl sites for hydroxylation is 2. The lowest BCUT2D eigenvalue weighted by atomic mass is 10.1. The molecule has 3 nitrogen and oxygen atoms in total. The van der Waals surface area contributed by atoms with Crippen molar-refractivity contribution >= 4 is 11.4 Å². The highest BCUT2D eigenvalue weighted by molar-refractivity contribution is 5.57. The van der Waals surface area contributed by atoms with Gasteiger partial charge in [0.2, 0.25) is 0 Å². The van der Waals surface area contributed by atoms with Gasteiger partial charge < -0.3 is 16.2 Å².